The van der Waals surface area contributed by atoms with Crippen molar-refractivity contribution in [3.63, 3.8) is 0 Å². The van der Waals surface area contributed by atoms with Crippen molar-refractivity contribution in [2.75, 3.05) is 12.4 Å². The summed E-state index contributed by atoms with van der Waals surface area (Å²) in [7, 11) is 1.70. The van der Waals surface area contributed by atoms with Crippen LogP contribution in [0.2, 0.25) is 0 Å². The Morgan fingerprint density at radius 3 is 2.36 bits per heavy atom. The molecule has 0 aliphatic carbocycles. The maximum absolute atomic E-state index is 11.8. The molecule has 0 aliphatic heterocycles. The fourth-order valence-corrected chi connectivity index (χ4v) is 1.11. The minimum absolute atomic E-state index is 0.200. The monoisotopic (exact) mass is 205 g/mol. The number of hydrogen-bond donors (Lipinski definition) is 1. The first-order valence-corrected chi connectivity index (χ1v) is 3.96. The highest BCUT2D eigenvalue weighted by molar-refractivity contribution is 5.53. The first-order valence-electron chi connectivity index (χ1n) is 3.96. The standard InChI is InChI=1S/C9H10F3NO/c1-6-5-7(14-9(10,11)12)3-4-8(6)13-2/h3-5,13H,1-2H3. The lowest BCUT2D eigenvalue weighted by molar-refractivity contribution is -0.274. The molecule has 1 N–H and O–H groups in total. The van der Waals surface area contributed by atoms with Gasteiger partial charge in [0.2, 0.25) is 0 Å². The topological polar surface area (TPSA) is 21.3 Å². The number of rotatable bonds is 2. The summed E-state index contributed by atoms with van der Waals surface area (Å²) >= 11 is 0. The maximum atomic E-state index is 11.8. The van der Waals surface area contributed by atoms with Crippen molar-refractivity contribution in [1.29, 1.82) is 0 Å². The molecule has 1 rings (SSSR count). The molecule has 0 amide bonds. The number of ether oxygens (including phenoxy) is 1. The van der Waals surface area contributed by atoms with Gasteiger partial charge in [0, 0.05) is 12.7 Å². The zero-order valence-corrected chi connectivity index (χ0v) is 7.77. The summed E-state index contributed by atoms with van der Waals surface area (Å²) in [6.45, 7) is 1.70. The second kappa shape index (κ2) is 3.77. The van der Waals surface area contributed by atoms with Crippen LogP contribution in [0.4, 0.5) is 18.9 Å². The Morgan fingerprint density at radius 1 is 1.29 bits per heavy atom. The van der Waals surface area contributed by atoms with E-state index >= 15 is 0 Å². The van der Waals surface area contributed by atoms with E-state index in [0.717, 1.165) is 5.69 Å². The smallest absolute Gasteiger partial charge is 0.406 e. The Labute approximate surface area is 79.7 Å². The fourth-order valence-electron chi connectivity index (χ4n) is 1.11. The molecule has 2 nitrogen and oxygen atoms in total. The van der Waals surface area contributed by atoms with Crippen molar-refractivity contribution in [2.24, 2.45) is 0 Å². The molecule has 0 aromatic heterocycles. The summed E-state index contributed by atoms with van der Waals surface area (Å²) in [5.41, 5.74) is 1.48. The van der Waals surface area contributed by atoms with Crippen LogP contribution >= 0.6 is 0 Å². The number of alkyl halides is 3. The van der Waals surface area contributed by atoms with Crippen LogP contribution in [0.3, 0.4) is 0 Å². The molecule has 0 bridgehead atoms. The third-order valence-corrected chi connectivity index (χ3v) is 1.70. The van der Waals surface area contributed by atoms with Crippen LogP contribution in [-0.2, 0) is 0 Å². The van der Waals surface area contributed by atoms with Crippen LogP contribution in [-0.4, -0.2) is 13.4 Å². The van der Waals surface area contributed by atoms with E-state index in [1.54, 1.807) is 14.0 Å². The molecule has 1 aromatic rings. The molecule has 14 heavy (non-hydrogen) atoms. The van der Waals surface area contributed by atoms with Crippen LogP contribution in [0.1, 0.15) is 5.56 Å². The molecule has 0 radical (unpaired) electrons. The van der Waals surface area contributed by atoms with E-state index in [9.17, 15) is 13.2 Å². The Balaban J connectivity index is 2.87. The van der Waals surface area contributed by atoms with Crippen LogP contribution in [0.15, 0.2) is 18.2 Å². The average Bonchev–Trinajstić information content (AvgIpc) is 2.01. The zero-order valence-electron chi connectivity index (χ0n) is 7.77. The van der Waals surface area contributed by atoms with Gasteiger partial charge in [-0.1, -0.05) is 0 Å². The number of benzene rings is 1. The first kappa shape index (κ1) is 10.7. The lowest BCUT2D eigenvalue weighted by Gasteiger charge is -2.11. The molecule has 0 heterocycles. The molecule has 0 saturated carbocycles. The van der Waals surface area contributed by atoms with Crippen LogP contribution in [0, 0.1) is 6.92 Å². The lowest BCUT2D eigenvalue weighted by atomic mass is 10.2. The summed E-state index contributed by atoms with van der Waals surface area (Å²) in [5, 5.41) is 2.85. The minimum Gasteiger partial charge on any atom is -0.406 e. The summed E-state index contributed by atoms with van der Waals surface area (Å²) < 4.78 is 39.2. The summed E-state index contributed by atoms with van der Waals surface area (Å²) in [6.07, 6.45) is -4.63. The van der Waals surface area contributed by atoms with E-state index in [1.165, 1.54) is 18.2 Å². The van der Waals surface area contributed by atoms with Crippen molar-refractivity contribution in [1.82, 2.24) is 0 Å². The van der Waals surface area contributed by atoms with E-state index < -0.39 is 6.36 Å². The second-order valence-electron chi connectivity index (χ2n) is 2.77. The van der Waals surface area contributed by atoms with Gasteiger partial charge in [-0.05, 0) is 30.7 Å². The van der Waals surface area contributed by atoms with Gasteiger partial charge in [0.15, 0.2) is 0 Å². The molecule has 1 aromatic carbocycles. The molecule has 0 saturated heterocycles. The third kappa shape index (κ3) is 2.83. The Bertz CT molecular complexity index is 322. The molecule has 0 fully saturated rings. The van der Waals surface area contributed by atoms with Gasteiger partial charge < -0.3 is 10.1 Å². The van der Waals surface area contributed by atoms with Crippen molar-refractivity contribution < 1.29 is 17.9 Å². The van der Waals surface area contributed by atoms with Crippen molar-refractivity contribution in [3.05, 3.63) is 23.8 Å². The normalized spacial score (nSPS) is 11.2. The minimum atomic E-state index is -4.63. The number of aryl methyl sites for hydroxylation is 1. The van der Waals surface area contributed by atoms with E-state index in [-0.39, 0.29) is 5.75 Å². The Morgan fingerprint density at radius 2 is 1.93 bits per heavy atom. The largest absolute Gasteiger partial charge is 0.573 e. The molecule has 0 unspecified atom stereocenters. The van der Waals surface area contributed by atoms with Crippen molar-refractivity contribution >= 4 is 5.69 Å². The highest BCUT2D eigenvalue weighted by atomic mass is 19.4. The van der Waals surface area contributed by atoms with Crippen LogP contribution in [0.25, 0.3) is 0 Å². The third-order valence-electron chi connectivity index (χ3n) is 1.70. The average molecular weight is 205 g/mol. The van der Waals surface area contributed by atoms with Crippen LogP contribution < -0.4 is 10.1 Å². The quantitative estimate of drug-likeness (QED) is 0.801. The molecule has 0 atom stereocenters. The van der Waals surface area contributed by atoms with E-state index in [4.69, 9.17) is 0 Å². The number of hydrogen-bond acceptors (Lipinski definition) is 2. The highest BCUT2D eigenvalue weighted by Crippen LogP contribution is 2.26. The highest BCUT2D eigenvalue weighted by Gasteiger charge is 2.31. The van der Waals surface area contributed by atoms with Crippen molar-refractivity contribution in [2.45, 2.75) is 13.3 Å². The predicted octanol–water partition coefficient (Wildman–Crippen LogP) is 2.94. The van der Waals surface area contributed by atoms with Gasteiger partial charge in [0.25, 0.3) is 0 Å². The summed E-state index contributed by atoms with van der Waals surface area (Å²) in [4.78, 5) is 0. The second-order valence-corrected chi connectivity index (χ2v) is 2.77. The molecular weight excluding hydrogens is 195 g/mol. The predicted molar refractivity (Wildman–Crippen MR) is 47.4 cm³/mol. The SMILES string of the molecule is CNc1ccc(OC(F)(F)F)cc1C. The molecule has 0 aliphatic rings. The van der Waals surface area contributed by atoms with Gasteiger partial charge in [0.05, 0.1) is 0 Å². The van der Waals surface area contributed by atoms with Gasteiger partial charge in [-0.3, -0.25) is 0 Å². The molecule has 0 spiro atoms. The van der Waals surface area contributed by atoms with E-state index in [2.05, 4.69) is 10.1 Å². The van der Waals surface area contributed by atoms with E-state index in [1.807, 2.05) is 0 Å². The zero-order chi connectivity index (χ0) is 10.8. The Hall–Kier alpha value is -1.39. The van der Waals surface area contributed by atoms with Crippen molar-refractivity contribution in [3.8, 4) is 5.75 Å². The molecule has 78 valence electrons. The first-order chi connectivity index (χ1) is 6.42. The number of anilines is 1. The maximum Gasteiger partial charge on any atom is 0.573 e. The van der Waals surface area contributed by atoms with Gasteiger partial charge in [0.1, 0.15) is 5.75 Å². The summed E-state index contributed by atoms with van der Waals surface area (Å²) in [5.74, 6) is -0.200. The lowest BCUT2D eigenvalue weighted by Crippen LogP contribution is -2.17. The number of nitrogens with one attached hydrogen (secondary N) is 1. The molecular formula is C9H10F3NO. The summed E-state index contributed by atoms with van der Waals surface area (Å²) in [6, 6.07) is 4.14. The van der Waals surface area contributed by atoms with Gasteiger partial charge in [-0.25, -0.2) is 0 Å². The Kier molecular flexibility index (Phi) is 2.88. The fraction of sp³-hybridized carbons (Fsp3) is 0.333. The van der Waals surface area contributed by atoms with Gasteiger partial charge in [-0.2, -0.15) is 0 Å². The number of halogens is 3. The van der Waals surface area contributed by atoms with Gasteiger partial charge >= 0.3 is 6.36 Å². The van der Waals surface area contributed by atoms with Gasteiger partial charge in [-0.15, -0.1) is 13.2 Å². The van der Waals surface area contributed by atoms with E-state index in [0.29, 0.717) is 5.56 Å². The molecule has 5 heteroatoms. The van der Waals surface area contributed by atoms with Crippen LogP contribution in [0.5, 0.6) is 5.75 Å².